The Kier molecular flexibility index (Phi) is 2.18. The lowest BCUT2D eigenvalue weighted by Crippen LogP contribution is -2.12. The molecule has 2 aliphatic rings. The maximum absolute atomic E-state index is 11.6. The van der Waals surface area contributed by atoms with Crippen molar-refractivity contribution in [2.24, 2.45) is 5.41 Å². The number of rotatable bonds is 1. The molecule has 1 aliphatic carbocycles. The van der Waals surface area contributed by atoms with Crippen molar-refractivity contribution in [3.05, 3.63) is 40.6 Å². The van der Waals surface area contributed by atoms with Gasteiger partial charge < -0.3 is 5.32 Å². The van der Waals surface area contributed by atoms with Crippen LogP contribution in [0.3, 0.4) is 0 Å². The van der Waals surface area contributed by atoms with Crippen LogP contribution in [0.2, 0.25) is 0 Å². The van der Waals surface area contributed by atoms with E-state index < -0.39 is 0 Å². The molecular weight excluding hydrogens is 250 g/mol. The Balaban J connectivity index is 1.79. The summed E-state index contributed by atoms with van der Waals surface area (Å²) >= 11 is 0. The van der Waals surface area contributed by atoms with E-state index in [1.54, 1.807) is 0 Å². The summed E-state index contributed by atoms with van der Waals surface area (Å²) in [4.78, 5) is 11.6. The first kappa shape index (κ1) is 11.7. The van der Waals surface area contributed by atoms with E-state index >= 15 is 0 Å². The van der Waals surface area contributed by atoms with Gasteiger partial charge in [-0.15, -0.1) is 0 Å². The molecule has 0 atom stereocenters. The van der Waals surface area contributed by atoms with Crippen LogP contribution in [0.25, 0.3) is 11.3 Å². The summed E-state index contributed by atoms with van der Waals surface area (Å²) in [5.74, 6) is 0.0277. The molecule has 2 heterocycles. The molecule has 2 N–H and O–H groups in total. The van der Waals surface area contributed by atoms with E-state index in [-0.39, 0.29) is 5.91 Å². The van der Waals surface area contributed by atoms with Gasteiger partial charge in [-0.1, -0.05) is 19.9 Å². The predicted octanol–water partition coefficient (Wildman–Crippen LogP) is 2.44. The van der Waals surface area contributed by atoms with Crippen LogP contribution in [-0.2, 0) is 19.4 Å². The number of carbonyl (C=O) groups is 1. The summed E-state index contributed by atoms with van der Waals surface area (Å²) in [6.45, 7) is 5.20. The van der Waals surface area contributed by atoms with Crippen LogP contribution in [-0.4, -0.2) is 16.1 Å². The van der Waals surface area contributed by atoms with Crippen LogP contribution in [0, 0.1) is 5.41 Å². The minimum absolute atomic E-state index is 0.0277. The molecule has 0 unspecified atom stereocenters. The lowest BCUT2D eigenvalue weighted by molar-refractivity contribution is 0.0966. The normalized spacial score (nSPS) is 18.8. The summed E-state index contributed by atoms with van der Waals surface area (Å²) in [6.07, 6.45) is 2.11. The molecule has 0 radical (unpaired) electrons. The molecule has 0 spiro atoms. The predicted molar refractivity (Wildman–Crippen MR) is 76.4 cm³/mol. The van der Waals surface area contributed by atoms with Crippen molar-refractivity contribution in [1.82, 2.24) is 15.5 Å². The van der Waals surface area contributed by atoms with Crippen LogP contribution in [0.5, 0.6) is 0 Å². The van der Waals surface area contributed by atoms with Gasteiger partial charge in [0.25, 0.3) is 5.91 Å². The van der Waals surface area contributed by atoms with E-state index in [9.17, 15) is 4.79 Å². The Morgan fingerprint density at radius 3 is 2.95 bits per heavy atom. The Bertz CT molecular complexity index is 727. The van der Waals surface area contributed by atoms with E-state index in [0.29, 0.717) is 12.0 Å². The molecule has 1 aromatic carbocycles. The summed E-state index contributed by atoms with van der Waals surface area (Å²) in [7, 11) is 0. The summed E-state index contributed by atoms with van der Waals surface area (Å²) in [5.41, 5.74) is 6.94. The molecule has 1 aromatic heterocycles. The number of nitrogens with zero attached hydrogens (tertiary/aromatic N) is 1. The Morgan fingerprint density at radius 1 is 1.25 bits per heavy atom. The fraction of sp³-hybridized carbons (Fsp3) is 0.375. The van der Waals surface area contributed by atoms with Gasteiger partial charge in [-0.3, -0.25) is 9.89 Å². The lowest BCUT2D eigenvalue weighted by atomic mass is 9.90. The van der Waals surface area contributed by atoms with Gasteiger partial charge >= 0.3 is 0 Å². The molecule has 1 amide bonds. The lowest BCUT2D eigenvalue weighted by Gasteiger charge is -2.15. The average molecular weight is 267 g/mol. The minimum atomic E-state index is 0.0277. The Morgan fingerprint density at radius 2 is 2.10 bits per heavy atom. The molecular formula is C16H17N3O. The van der Waals surface area contributed by atoms with Gasteiger partial charge in [-0.2, -0.15) is 5.10 Å². The second kappa shape index (κ2) is 3.72. The maximum atomic E-state index is 11.6. The van der Waals surface area contributed by atoms with Crippen molar-refractivity contribution in [3.8, 4) is 11.3 Å². The van der Waals surface area contributed by atoms with Gasteiger partial charge in [-0.05, 0) is 36.0 Å². The van der Waals surface area contributed by atoms with Crippen molar-refractivity contribution < 1.29 is 4.79 Å². The first-order chi connectivity index (χ1) is 9.53. The number of H-pyrrole nitrogens is 1. The second-order valence-corrected chi connectivity index (χ2v) is 6.60. The zero-order valence-electron chi connectivity index (χ0n) is 11.7. The van der Waals surface area contributed by atoms with E-state index in [2.05, 4.69) is 35.4 Å². The molecule has 1 aliphatic heterocycles. The van der Waals surface area contributed by atoms with Crippen LogP contribution in [0.4, 0.5) is 0 Å². The third-order valence-electron chi connectivity index (χ3n) is 4.33. The van der Waals surface area contributed by atoms with Gasteiger partial charge in [-0.25, -0.2) is 0 Å². The minimum Gasteiger partial charge on any atom is -0.348 e. The summed E-state index contributed by atoms with van der Waals surface area (Å²) in [5, 5.41) is 10.5. The second-order valence-electron chi connectivity index (χ2n) is 6.60. The van der Waals surface area contributed by atoms with Gasteiger partial charge in [0.1, 0.15) is 0 Å². The van der Waals surface area contributed by atoms with Crippen LogP contribution in [0.15, 0.2) is 18.2 Å². The van der Waals surface area contributed by atoms with Crippen molar-refractivity contribution in [2.45, 2.75) is 33.2 Å². The van der Waals surface area contributed by atoms with E-state index in [4.69, 9.17) is 0 Å². The van der Waals surface area contributed by atoms with Crippen LogP contribution in [0.1, 0.15) is 41.0 Å². The van der Waals surface area contributed by atoms with Crippen molar-refractivity contribution in [1.29, 1.82) is 0 Å². The SMILES string of the molecule is CC1(C)Cc2[nH]nc(-c3ccc4c(c3)CNC4=O)c2C1. The molecule has 0 saturated carbocycles. The highest BCUT2D eigenvalue weighted by molar-refractivity contribution is 5.98. The quantitative estimate of drug-likeness (QED) is 0.833. The molecule has 0 fully saturated rings. The first-order valence-corrected chi connectivity index (χ1v) is 7.01. The zero-order valence-corrected chi connectivity index (χ0v) is 11.7. The van der Waals surface area contributed by atoms with Crippen molar-refractivity contribution >= 4 is 5.91 Å². The highest BCUT2D eigenvalue weighted by Gasteiger charge is 2.33. The van der Waals surface area contributed by atoms with Gasteiger partial charge in [0.2, 0.25) is 0 Å². The molecule has 0 saturated heterocycles. The van der Waals surface area contributed by atoms with Gasteiger partial charge in [0.05, 0.1) is 5.69 Å². The number of nitrogens with one attached hydrogen (secondary N) is 2. The molecule has 4 rings (SSSR count). The maximum Gasteiger partial charge on any atom is 0.251 e. The summed E-state index contributed by atoms with van der Waals surface area (Å²) in [6, 6.07) is 6.01. The van der Waals surface area contributed by atoms with E-state index in [1.807, 2.05) is 12.1 Å². The Labute approximate surface area is 117 Å². The van der Waals surface area contributed by atoms with Crippen molar-refractivity contribution in [3.63, 3.8) is 0 Å². The third kappa shape index (κ3) is 1.60. The first-order valence-electron chi connectivity index (χ1n) is 7.01. The highest BCUT2D eigenvalue weighted by Crippen LogP contribution is 2.40. The van der Waals surface area contributed by atoms with Gasteiger partial charge in [0, 0.05) is 28.9 Å². The molecule has 20 heavy (non-hydrogen) atoms. The van der Waals surface area contributed by atoms with Crippen LogP contribution >= 0.6 is 0 Å². The topological polar surface area (TPSA) is 57.8 Å². The number of hydrogen-bond acceptors (Lipinski definition) is 2. The zero-order chi connectivity index (χ0) is 13.9. The number of carbonyl (C=O) groups excluding carboxylic acids is 1. The number of aromatic nitrogens is 2. The highest BCUT2D eigenvalue weighted by atomic mass is 16.1. The molecule has 2 aromatic rings. The summed E-state index contributed by atoms with van der Waals surface area (Å²) < 4.78 is 0. The molecule has 4 nitrogen and oxygen atoms in total. The molecule has 0 bridgehead atoms. The van der Waals surface area contributed by atoms with Crippen molar-refractivity contribution in [2.75, 3.05) is 0 Å². The fourth-order valence-electron chi connectivity index (χ4n) is 3.38. The van der Waals surface area contributed by atoms with E-state index in [1.165, 1.54) is 11.3 Å². The fourth-order valence-corrected chi connectivity index (χ4v) is 3.38. The average Bonchev–Trinajstić information content (AvgIpc) is 3.01. The molecule has 102 valence electrons. The smallest absolute Gasteiger partial charge is 0.251 e. The third-order valence-corrected chi connectivity index (χ3v) is 4.33. The number of aromatic amines is 1. The van der Waals surface area contributed by atoms with Crippen LogP contribution < -0.4 is 5.32 Å². The largest absolute Gasteiger partial charge is 0.348 e. The molecule has 4 heteroatoms. The number of benzene rings is 1. The van der Waals surface area contributed by atoms with E-state index in [0.717, 1.165) is 35.2 Å². The van der Waals surface area contributed by atoms with Gasteiger partial charge in [0.15, 0.2) is 0 Å². The Hall–Kier alpha value is -2.10. The number of hydrogen-bond donors (Lipinski definition) is 2. The number of fused-ring (bicyclic) bond motifs is 2. The number of amides is 1. The standard InChI is InChI=1S/C16H17N3O/c1-16(2)6-12-13(7-16)18-19-14(12)9-3-4-11-10(5-9)8-17-15(11)20/h3-5H,6-8H2,1-2H3,(H,17,20)(H,18,19). The monoisotopic (exact) mass is 267 g/mol.